The predicted molar refractivity (Wildman–Crippen MR) is 57.5 cm³/mol. The summed E-state index contributed by atoms with van der Waals surface area (Å²) in [6.07, 6.45) is 5.74. The van der Waals surface area contributed by atoms with E-state index in [9.17, 15) is 10.1 Å². The van der Waals surface area contributed by atoms with E-state index >= 15 is 0 Å². The van der Waals surface area contributed by atoms with Crippen LogP contribution in [0.1, 0.15) is 13.3 Å². The Morgan fingerprint density at radius 1 is 1.79 bits per heavy atom. The SMILES string of the molecule is C#CCC(C)Nc1ccc([N+](=O)[O-])s1. The Hall–Kier alpha value is -1.54. The third-order valence-corrected chi connectivity index (χ3v) is 2.55. The van der Waals surface area contributed by atoms with Crippen LogP contribution in [-0.2, 0) is 0 Å². The summed E-state index contributed by atoms with van der Waals surface area (Å²) < 4.78 is 0. The van der Waals surface area contributed by atoms with Gasteiger partial charge in [0.15, 0.2) is 0 Å². The lowest BCUT2D eigenvalue weighted by Crippen LogP contribution is -2.12. The van der Waals surface area contributed by atoms with E-state index in [4.69, 9.17) is 6.42 Å². The summed E-state index contributed by atoms with van der Waals surface area (Å²) in [5, 5.41) is 14.4. The molecule has 0 saturated carbocycles. The topological polar surface area (TPSA) is 55.2 Å². The molecule has 1 atom stereocenters. The van der Waals surface area contributed by atoms with E-state index in [0.29, 0.717) is 6.42 Å². The summed E-state index contributed by atoms with van der Waals surface area (Å²) in [5.41, 5.74) is 0. The number of terminal acetylenes is 1. The maximum absolute atomic E-state index is 10.4. The van der Waals surface area contributed by atoms with E-state index in [-0.39, 0.29) is 11.0 Å². The first-order valence-electron chi connectivity index (χ1n) is 4.07. The molecule has 1 aromatic rings. The van der Waals surface area contributed by atoms with Crippen LogP contribution in [0.25, 0.3) is 0 Å². The fourth-order valence-corrected chi connectivity index (χ4v) is 1.81. The molecule has 14 heavy (non-hydrogen) atoms. The molecule has 0 amide bonds. The van der Waals surface area contributed by atoms with Crippen LogP contribution in [-0.4, -0.2) is 11.0 Å². The molecule has 5 heteroatoms. The highest BCUT2D eigenvalue weighted by molar-refractivity contribution is 7.19. The van der Waals surface area contributed by atoms with Gasteiger partial charge in [0.25, 0.3) is 0 Å². The number of rotatable bonds is 4. The number of nitrogens with one attached hydrogen (secondary N) is 1. The van der Waals surface area contributed by atoms with E-state index in [0.717, 1.165) is 16.3 Å². The number of anilines is 1. The highest BCUT2D eigenvalue weighted by Gasteiger charge is 2.10. The van der Waals surface area contributed by atoms with Crippen LogP contribution in [0.3, 0.4) is 0 Å². The third kappa shape index (κ3) is 2.75. The van der Waals surface area contributed by atoms with Crippen LogP contribution in [0.5, 0.6) is 0 Å². The zero-order valence-corrected chi connectivity index (χ0v) is 8.50. The molecular weight excluding hydrogens is 200 g/mol. The average molecular weight is 210 g/mol. The molecule has 4 nitrogen and oxygen atoms in total. The summed E-state index contributed by atoms with van der Waals surface area (Å²) in [6, 6.07) is 3.31. The number of hydrogen-bond donors (Lipinski definition) is 1. The van der Waals surface area contributed by atoms with Crippen molar-refractivity contribution < 1.29 is 4.92 Å². The lowest BCUT2D eigenvalue weighted by Gasteiger charge is -2.08. The van der Waals surface area contributed by atoms with Gasteiger partial charge in [0.1, 0.15) is 0 Å². The molecule has 0 aromatic carbocycles. The number of thiophene rings is 1. The molecule has 0 spiro atoms. The first-order valence-corrected chi connectivity index (χ1v) is 4.89. The van der Waals surface area contributed by atoms with Gasteiger partial charge < -0.3 is 5.32 Å². The third-order valence-electron chi connectivity index (χ3n) is 1.58. The van der Waals surface area contributed by atoms with Gasteiger partial charge in [0.2, 0.25) is 0 Å². The molecule has 74 valence electrons. The zero-order valence-electron chi connectivity index (χ0n) is 7.69. The molecule has 0 bridgehead atoms. The van der Waals surface area contributed by atoms with Gasteiger partial charge in [-0.15, -0.1) is 12.3 Å². The smallest absolute Gasteiger partial charge is 0.326 e. The van der Waals surface area contributed by atoms with Crippen LogP contribution in [0.2, 0.25) is 0 Å². The van der Waals surface area contributed by atoms with Crippen molar-refractivity contribution in [1.82, 2.24) is 0 Å². The highest BCUT2D eigenvalue weighted by atomic mass is 32.1. The first kappa shape index (κ1) is 10.5. The van der Waals surface area contributed by atoms with Gasteiger partial charge in [0, 0.05) is 18.5 Å². The van der Waals surface area contributed by atoms with E-state index in [1.165, 1.54) is 6.07 Å². The van der Waals surface area contributed by atoms with Gasteiger partial charge in [0.05, 0.1) is 9.92 Å². The van der Waals surface area contributed by atoms with Crippen molar-refractivity contribution in [3.8, 4) is 12.3 Å². The molecule has 1 heterocycles. The lowest BCUT2D eigenvalue weighted by molar-refractivity contribution is -0.380. The molecule has 1 aromatic heterocycles. The van der Waals surface area contributed by atoms with Crippen molar-refractivity contribution in [3.63, 3.8) is 0 Å². The maximum Gasteiger partial charge on any atom is 0.326 e. The minimum absolute atomic E-state index is 0.137. The second kappa shape index (κ2) is 4.63. The van der Waals surface area contributed by atoms with Gasteiger partial charge in [-0.05, 0) is 24.3 Å². The van der Waals surface area contributed by atoms with Crippen molar-refractivity contribution in [1.29, 1.82) is 0 Å². The Morgan fingerprint density at radius 2 is 2.50 bits per heavy atom. The number of nitro groups is 1. The second-order valence-corrected chi connectivity index (χ2v) is 3.91. The Morgan fingerprint density at radius 3 is 3.00 bits per heavy atom. The monoisotopic (exact) mass is 210 g/mol. The Bertz CT molecular complexity index is 367. The minimum Gasteiger partial charge on any atom is -0.373 e. The van der Waals surface area contributed by atoms with E-state index < -0.39 is 4.92 Å². The standard InChI is InChI=1S/C9H10N2O2S/c1-3-4-7(2)10-8-5-6-9(14-8)11(12)13/h1,5-7,10H,4H2,2H3. The van der Waals surface area contributed by atoms with Gasteiger partial charge in [-0.2, -0.15) is 0 Å². The molecule has 1 N–H and O–H groups in total. The van der Waals surface area contributed by atoms with Crippen molar-refractivity contribution in [2.75, 3.05) is 5.32 Å². The highest BCUT2D eigenvalue weighted by Crippen LogP contribution is 2.28. The maximum atomic E-state index is 10.4. The van der Waals surface area contributed by atoms with Gasteiger partial charge in [-0.3, -0.25) is 10.1 Å². The summed E-state index contributed by atoms with van der Waals surface area (Å²) in [5.74, 6) is 2.53. The molecule has 0 saturated heterocycles. The van der Waals surface area contributed by atoms with Gasteiger partial charge >= 0.3 is 5.00 Å². The van der Waals surface area contributed by atoms with Crippen LogP contribution in [0.4, 0.5) is 10.0 Å². The van der Waals surface area contributed by atoms with E-state index in [2.05, 4.69) is 11.2 Å². The van der Waals surface area contributed by atoms with Crippen LogP contribution >= 0.6 is 11.3 Å². The molecule has 1 unspecified atom stereocenters. The average Bonchev–Trinajstić information content (AvgIpc) is 2.53. The predicted octanol–water partition coefficient (Wildman–Crippen LogP) is 2.48. The van der Waals surface area contributed by atoms with E-state index in [1.54, 1.807) is 6.07 Å². The van der Waals surface area contributed by atoms with Crippen molar-refractivity contribution >= 4 is 21.3 Å². The fraction of sp³-hybridized carbons (Fsp3) is 0.333. The Labute approximate surface area is 86.1 Å². The van der Waals surface area contributed by atoms with Crippen LogP contribution in [0.15, 0.2) is 12.1 Å². The number of nitrogens with zero attached hydrogens (tertiary/aromatic N) is 1. The minimum atomic E-state index is -0.401. The molecule has 1 rings (SSSR count). The quantitative estimate of drug-likeness (QED) is 0.472. The summed E-state index contributed by atoms with van der Waals surface area (Å²) >= 11 is 1.12. The molecule has 0 fully saturated rings. The zero-order chi connectivity index (χ0) is 10.6. The molecular formula is C9H10N2O2S. The summed E-state index contributed by atoms with van der Waals surface area (Å²) in [7, 11) is 0. The summed E-state index contributed by atoms with van der Waals surface area (Å²) in [4.78, 5) is 9.98. The second-order valence-electron chi connectivity index (χ2n) is 2.85. The van der Waals surface area contributed by atoms with Gasteiger partial charge in [-0.25, -0.2) is 0 Å². The molecule has 0 aliphatic heterocycles. The van der Waals surface area contributed by atoms with Crippen LogP contribution in [0, 0.1) is 22.5 Å². The van der Waals surface area contributed by atoms with Crippen molar-refractivity contribution in [2.45, 2.75) is 19.4 Å². The fourth-order valence-electron chi connectivity index (χ4n) is 0.974. The normalized spacial score (nSPS) is 11.7. The lowest BCUT2D eigenvalue weighted by atomic mass is 10.2. The Balaban J connectivity index is 2.60. The molecule has 0 aliphatic carbocycles. The number of hydrogen-bond acceptors (Lipinski definition) is 4. The molecule has 0 radical (unpaired) electrons. The van der Waals surface area contributed by atoms with Crippen molar-refractivity contribution in [2.24, 2.45) is 0 Å². The van der Waals surface area contributed by atoms with Crippen LogP contribution < -0.4 is 5.32 Å². The molecule has 0 aliphatic rings. The van der Waals surface area contributed by atoms with Gasteiger partial charge in [-0.1, -0.05) is 0 Å². The Kier molecular flexibility index (Phi) is 3.48. The van der Waals surface area contributed by atoms with Crippen molar-refractivity contribution in [3.05, 3.63) is 22.2 Å². The first-order chi connectivity index (χ1) is 6.63. The van der Waals surface area contributed by atoms with E-state index in [1.807, 2.05) is 6.92 Å². The summed E-state index contributed by atoms with van der Waals surface area (Å²) in [6.45, 7) is 1.94. The largest absolute Gasteiger partial charge is 0.373 e.